The second-order valence-electron chi connectivity index (χ2n) is 6.03. The van der Waals surface area contributed by atoms with E-state index < -0.39 is 0 Å². The van der Waals surface area contributed by atoms with Crippen LogP contribution in [0.5, 0.6) is 0 Å². The molecule has 4 rings (SSSR count). The lowest BCUT2D eigenvalue weighted by Crippen LogP contribution is -2.24. The van der Waals surface area contributed by atoms with Gasteiger partial charge in [-0.25, -0.2) is 4.39 Å². The SMILES string of the molecule is N#Cc1cccc(-c2nc(C3CC(=O)N(c4ccc(F)cc4)C3)no2)c1. The smallest absolute Gasteiger partial charge is 0.257 e. The number of nitriles is 1. The van der Waals surface area contributed by atoms with Crippen LogP contribution in [0.1, 0.15) is 23.7 Å². The van der Waals surface area contributed by atoms with Crippen molar-refractivity contribution in [2.24, 2.45) is 0 Å². The molecule has 1 atom stereocenters. The number of hydrogen-bond acceptors (Lipinski definition) is 5. The number of carbonyl (C=O) groups is 1. The van der Waals surface area contributed by atoms with Gasteiger partial charge in [0.25, 0.3) is 5.89 Å². The van der Waals surface area contributed by atoms with Crippen LogP contribution in [-0.2, 0) is 4.79 Å². The number of aromatic nitrogens is 2. The van der Waals surface area contributed by atoms with E-state index in [9.17, 15) is 9.18 Å². The first-order chi connectivity index (χ1) is 12.6. The lowest BCUT2D eigenvalue weighted by atomic mass is 10.1. The summed E-state index contributed by atoms with van der Waals surface area (Å²) in [6.45, 7) is 0.404. The molecule has 128 valence electrons. The molecule has 3 aromatic rings. The monoisotopic (exact) mass is 348 g/mol. The maximum absolute atomic E-state index is 13.1. The predicted molar refractivity (Wildman–Crippen MR) is 90.6 cm³/mol. The Morgan fingerprint density at radius 2 is 2.04 bits per heavy atom. The number of anilines is 1. The molecule has 2 aromatic carbocycles. The molecule has 0 bridgehead atoms. The summed E-state index contributed by atoms with van der Waals surface area (Å²) in [4.78, 5) is 18.3. The number of amides is 1. The fourth-order valence-corrected chi connectivity index (χ4v) is 2.99. The molecule has 0 saturated carbocycles. The number of carbonyl (C=O) groups excluding carboxylic acids is 1. The maximum Gasteiger partial charge on any atom is 0.257 e. The number of benzene rings is 2. The third kappa shape index (κ3) is 2.93. The molecule has 0 radical (unpaired) electrons. The zero-order chi connectivity index (χ0) is 18.1. The summed E-state index contributed by atoms with van der Waals surface area (Å²) >= 11 is 0. The predicted octanol–water partition coefficient (Wildman–Crippen LogP) is 3.27. The van der Waals surface area contributed by atoms with Crippen LogP contribution >= 0.6 is 0 Å². The highest BCUT2D eigenvalue weighted by molar-refractivity contribution is 5.96. The molecule has 0 N–H and O–H groups in total. The van der Waals surface area contributed by atoms with Crippen LogP contribution in [0.3, 0.4) is 0 Å². The zero-order valence-corrected chi connectivity index (χ0v) is 13.6. The van der Waals surface area contributed by atoms with Gasteiger partial charge in [-0.15, -0.1) is 0 Å². The van der Waals surface area contributed by atoms with Crippen LogP contribution in [-0.4, -0.2) is 22.6 Å². The van der Waals surface area contributed by atoms with Gasteiger partial charge in [-0.2, -0.15) is 10.2 Å². The van der Waals surface area contributed by atoms with Gasteiger partial charge in [-0.1, -0.05) is 11.2 Å². The Kier molecular flexibility index (Phi) is 3.93. The van der Waals surface area contributed by atoms with Crippen molar-refractivity contribution in [2.75, 3.05) is 11.4 Å². The standard InChI is InChI=1S/C19H13FN4O2/c20-15-4-6-16(7-5-15)24-11-14(9-17(24)25)18-22-19(26-23-18)13-3-1-2-12(8-13)10-21/h1-8,14H,9,11H2. The van der Waals surface area contributed by atoms with Crippen LogP contribution < -0.4 is 4.90 Å². The van der Waals surface area contributed by atoms with Crippen molar-refractivity contribution in [3.05, 3.63) is 65.7 Å². The van der Waals surface area contributed by atoms with Crippen molar-refractivity contribution in [1.29, 1.82) is 5.26 Å². The minimum absolute atomic E-state index is 0.0700. The molecule has 1 unspecified atom stereocenters. The van der Waals surface area contributed by atoms with E-state index in [4.69, 9.17) is 9.78 Å². The Balaban J connectivity index is 1.56. The van der Waals surface area contributed by atoms with Crippen molar-refractivity contribution in [2.45, 2.75) is 12.3 Å². The van der Waals surface area contributed by atoms with Gasteiger partial charge in [0.05, 0.1) is 11.6 Å². The highest BCUT2D eigenvalue weighted by atomic mass is 19.1. The molecule has 6 nitrogen and oxygen atoms in total. The summed E-state index contributed by atoms with van der Waals surface area (Å²) in [5.41, 5.74) is 1.80. The van der Waals surface area contributed by atoms with E-state index in [1.54, 1.807) is 41.3 Å². The Morgan fingerprint density at radius 1 is 1.23 bits per heavy atom. The summed E-state index contributed by atoms with van der Waals surface area (Å²) < 4.78 is 18.4. The fraction of sp³-hybridized carbons (Fsp3) is 0.158. The van der Waals surface area contributed by atoms with Crippen molar-refractivity contribution in [3.63, 3.8) is 0 Å². The highest BCUT2D eigenvalue weighted by Crippen LogP contribution is 2.31. The second kappa shape index (κ2) is 6.41. The van der Waals surface area contributed by atoms with Gasteiger partial charge >= 0.3 is 0 Å². The number of nitrogens with zero attached hydrogens (tertiary/aromatic N) is 4. The molecule has 7 heteroatoms. The molecule has 1 amide bonds. The van der Waals surface area contributed by atoms with Crippen molar-refractivity contribution >= 4 is 11.6 Å². The van der Waals surface area contributed by atoms with Crippen LogP contribution in [0, 0.1) is 17.1 Å². The molecule has 1 aliphatic rings. The molecular formula is C19H13FN4O2. The number of rotatable bonds is 3. The lowest BCUT2D eigenvalue weighted by molar-refractivity contribution is -0.117. The summed E-state index contributed by atoms with van der Waals surface area (Å²) in [5, 5.41) is 13.0. The minimum atomic E-state index is -0.348. The van der Waals surface area contributed by atoms with Crippen molar-refractivity contribution in [3.8, 4) is 17.5 Å². The van der Waals surface area contributed by atoms with Gasteiger partial charge in [0, 0.05) is 30.1 Å². The molecule has 0 aliphatic carbocycles. The van der Waals surface area contributed by atoms with Gasteiger partial charge in [-0.05, 0) is 42.5 Å². The van der Waals surface area contributed by atoms with E-state index in [0.29, 0.717) is 35.1 Å². The van der Waals surface area contributed by atoms with Gasteiger partial charge in [0.2, 0.25) is 5.91 Å². The minimum Gasteiger partial charge on any atom is -0.334 e. The Morgan fingerprint density at radius 3 is 2.81 bits per heavy atom. The van der Waals surface area contributed by atoms with E-state index in [1.165, 1.54) is 12.1 Å². The molecule has 1 aliphatic heterocycles. The van der Waals surface area contributed by atoms with Crippen molar-refractivity contribution < 1.29 is 13.7 Å². The summed E-state index contributed by atoms with van der Waals surface area (Å²) in [5.74, 6) is 0.132. The fourth-order valence-electron chi connectivity index (χ4n) is 2.99. The van der Waals surface area contributed by atoms with Gasteiger partial charge in [0.15, 0.2) is 5.82 Å². The quantitative estimate of drug-likeness (QED) is 0.725. The van der Waals surface area contributed by atoms with Crippen LogP contribution in [0.25, 0.3) is 11.5 Å². The van der Waals surface area contributed by atoms with Crippen LogP contribution in [0.2, 0.25) is 0 Å². The van der Waals surface area contributed by atoms with Gasteiger partial charge in [0.1, 0.15) is 5.82 Å². The first-order valence-electron chi connectivity index (χ1n) is 8.04. The van der Waals surface area contributed by atoms with E-state index in [-0.39, 0.29) is 24.1 Å². The first-order valence-corrected chi connectivity index (χ1v) is 8.04. The van der Waals surface area contributed by atoms with Crippen molar-refractivity contribution in [1.82, 2.24) is 10.1 Å². The number of halogens is 1. The lowest BCUT2D eigenvalue weighted by Gasteiger charge is -2.15. The molecular weight excluding hydrogens is 335 g/mol. The molecule has 26 heavy (non-hydrogen) atoms. The molecule has 1 fully saturated rings. The normalized spacial score (nSPS) is 16.7. The summed E-state index contributed by atoms with van der Waals surface area (Å²) in [6.07, 6.45) is 0.259. The molecule has 1 saturated heterocycles. The third-order valence-electron chi connectivity index (χ3n) is 4.31. The topological polar surface area (TPSA) is 83.0 Å². The average molecular weight is 348 g/mol. The number of hydrogen-bond donors (Lipinski definition) is 0. The van der Waals surface area contributed by atoms with E-state index >= 15 is 0 Å². The molecule has 1 aromatic heterocycles. The van der Waals surface area contributed by atoms with Gasteiger partial charge < -0.3 is 9.42 Å². The Bertz CT molecular complexity index is 1010. The van der Waals surface area contributed by atoms with E-state index in [2.05, 4.69) is 16.2 Å². The van der Waals surface area contributed by atoms with Gasteiger partial charge in [-0.3, -0.25) is 4.79 Å². The third-order valence-corrected chi connectivity index (χ3v) is 4.31. The largest absolute Gasteiger partial charge is 0.334 e. The summed E-state index contributed by atoms with van der Waals surface area (Å²) in [6, 6.07) is 14.7. The van der Waals surface area contributed by atoms with E-state index in [1.807, 2.05) is 0 Å². The maximum atomic E-state index is 13.1. The molecule has 0 spiro atoms. The first kappa shape index (κ1) is 16.0. The zero-order valence-electron chi connectivity index (χ0n) is 13.6. The molecule has 2 heterocycles. The highest BCUT2D eigenvalue weighted by Gasteiger charge is 2.34. The summed E-state index contributed by atoms with van der Waals surface area (Å²) in [7, 11) is 0. The van der Waals surface area contributed by atoms with E-state index in [0.717, 1.165) is 0 Å². The average Bonchev–Trinajstić information content (AvgIpc) is 3.29. The van der Waals surface area contributed by atoms with Crippen LogP contribution in [0.15, 0.2) is 53.1 Å². The van der Waals surface area contributed by atoms with Crippen LogP contribution in [0.4, 0.5) is 10.1 Å². The Hall–Kier alpha value is -3.53. The Labute approximate surface area is 148 Å². The second-order valence-corrected chi connectivity index (χ2v) is 6.03.